The summed E-state index contributed by atoms with van der Waals surface area (Å²) in [6.45, 7) is 6.47. The normalized spacial score (nSPS) is 17.1. The van der Waals surface area contributed by atoms with Gasteiger partial charge in [-0.1, -0.05) is 0 Å². The third-order valence-electron chi connectivity index (χ3n) is 3.25. The zero-order valence-corrected chi connectivity index (χ0v) is 12.6. The minimum atomic E-state index is 0.293. The molecule has 0 amide bonds. The lowest BCUT2D eigenvalue weighted by Gasteiger charge is -2.16. The molecule has 96 valence electrons. The highest BCUT2D eigenvalue weighted by molar-refractivity contribution is 7.12. The van der Waals surface area contributed by atoms with Crippen LogP contribution in [0.5, 0.6) is 0 Å². The molecular formula is C14H18N2S2. The molecule has 1 saturated carbocycles. The Morgan fingerprint density at radius 3 is 2.61 bits per heavy atom. The van der Waals surface area contributed by atoms with Gasteiger partial charge in [-0.25, -0.2) is 4.98 Å². The molecule has 2 nitrogen and oxygen atoms in total. The summed E-state index contributed by atoms with van der Waals surface area (Å²) < 4.78 is 0. The molecule has 1 atom stereocenters. The van der Waals surface area contributed by atoms with Crippen molar-refractivity contribution < 1.29 is 0 Å². The summed E-state index contributed by atoms with van der Waals surface area (Å²) in [6, 6.07) is 3.30. The van der Waals surface area contributed by atoms with Crippen molar-refractivity contribution in [2.75, 3.05) is 0 Å². The molecule has 2 aromatic heterocycles. The molecule has 4 heteroatoms. The summed E-state index contributed by atoms with van der Waals surface area (Å²) >= 11 is 3.65. The summed E-state index contributed by atoms with van der Waals surface area (Å²) in [6.07, 6.45) is 2.62. The number of thiophene rings is 1. The van der Waals surface area contributed by atoms with E-state index in [0.717, 1.165) is 5.69 Å². The minimum absolute atomic E-state index is 0.293. The van der Waals surface area contributed by atoms with Gasteiger partial charge in [0.25, 0.3) is 0 Å². The molecular weight excluding hydrogens is 260 g/mol. The number of hydrogen-bond donors (Lipinski definition) is 1. The summed E-state index contributed by atoms with van der Waals surface area (Å²) in [4.78, 5) is 7.48. The fourth-order valence-corrected chi connectivity index (χ4v) is 4.06. The highest BCUT2D eigenvalue weighted by Crippen LogP contribution is 2.34. The standard InChI is InChI=1S/C14H18N2S2/c1-8-7-17-14(15-8)13(16-11-4-5-11)12-6-9(2)18-10(12)3/h6-7,11,13,16H,4-5H2,1-3H3. The van der Waals surface area contributed by atoms with E-state index >= 15 is 0 Å². The first kappa shape index (κ1) is 12.3. The van der Waals surface area contributed by atoms with Gasteiger partial charge in [0.15, 0.2) is 0 Å². The molecule has 18 heavy (non-hydrogen) atoms. The van der Waals surface area contributed by atoms with Crippen LogP contribution in [0.3, 0.4) is 0 Å². The van der Waals surface area contributed by atoms with Crippen molar-refractivity contribution in [3.8, 4) is 0 Å². The monoisotopic (exact) mass is 278 g/mol. The third kappa shape index (κ3) is 2.51. The number of nitrogens with zero attached hydrogens (tertiary/aromatic N) is 1. The van der Waals surface area contributed by atoms with Crippen molar-refractivity contribution in [3.63, 3.8) is 0 Å². The lowest BCUT2D eigenvalue weighted by atomic mass is 10.1. The Bertz CT molecular complexity index is 552. The fraction of sp³-hybridized carbons (Fsp3) is 0.500. The summed E-state index contributed by atoms with van der Waals surface area (Å²) in [7, 11) is 0. The maximum Gasteiger partial charge on any atom is 0.114 e. The molecule has 2 aromatic rings. The quantitative estimate of drug-likeness (QED) is 0.915. The van der Waals surface area contributed by atoms with Gasteiger partial charge in [-0.2, -0.15) is 0 Å². The van der Waals surface area contributed by atoms with Crippen LogP contribution in [0.15, 0.2) is 11.4 Å². The summed E-state index contributed by atoms with van der Waals surface area (Å²) in [5.74, 6) is 0. The molecule has 2 heterocycles. The second-order valence-corrected chi connectivity index (χ2v) is 7.42. The van der Waals surface area contributed by atoms with Crippen molar-refractivity contribution in [1.82, 2.24) is 10.3 Å². The summed E-state index contributed by atoms with van der Waals surface area (Å²) in [5, 5.41) is 7.10. The van der Waals surface area contributed by atoms with E-state index in [0.29, 0.717) is 12.1 Å². The van der Waals surface area contributed by atoms with E-state index < -0.39 is 0 Å². The van der Waals surface area contributed by atoms with Gasteiger partial charge < -0.3 is 5.32 Å². The molecule has 0 saturated heterocycles. The van der Waals surface area contributed by atoms with Crippen LogP contribution in [0.1, 0.15) is 44.9 Å². The molecule has 1 fully saturated rings. The van der Waals surface area contributed by atoms with Crippen LogP contribution in [0.4, 0.5) is 0 Å². The highest BCUT2D eigenvalue weighted by Gasteiger charge is 2.29. The number of hydrogen-bond acceptors (Lipinski definition) is 4. The first-order chi connectivity index (χ1) is 8.63. The van der Waals surface area contributed by atoms with E-state index in [1.165, 1.54) is 33.2 Å². The van der Waals surface area contributed by atoms with Gasteiger partial charge in [0, 0.05) is 26.9 Å². The smallest absolute Gasteiger partial charge is 0.114 e. The van der Waals surface area contributed by atoms with E-state index in [9.17, 15) is 0 Å². The lowest BCUT2D eigenvalue weighted by Crippen LogP contribution is -2.24. The van der Waals surface area contributed by atoms with Crippen LogP contribution in [-0.2, 0) is 0 Å². The van der Waals surface area contributed by atoms with Gasteiger partial charge in [0.05, 0.1) is 6.04 Å². The van der Waals surface area contributed by atoms with Crippen LogP contribution in [0, 0.1) is 20.8 Å². The van der Waals surface area contributed by atoms with Gasteiger partial charge in [0.1, 0.15) is 5.01 Å². The van der Waals surface area contributed by atoms with Crippen molar-refractivity contribution in [1.29, 1.82) is 0 Å². The molecule has 0 bridgehead atoms. The van der Waals surface area contributed by atoms with E-state index in [2.05, 4.69) is 42.5 Å². The Hall–Kier alpha value is -0.710. The van der Waals surface area contributed by atoms with Crippen LogP contribution < -0.4 is 5.32 Å². The average Bonchev–Trinajstić information content (AvgIpc) is 2.94. The largest absolute Gasteiger partial charge is 0.301 e. The van der Waals surface area contributed by atoms with Gasteiger partial charge in [-0.3, -0.25) is 0 Å². The van der Waals surface area contributed by atoms with Gasteiger partial charge in [-0.05, 0) is 45.2 Å². The Morgan fingerprint density at radius 2 is 2.11 bits per heavy atom. The third-order valence-corrected chi connectivity index (χ3v) is 5.26. The molecule has 0 aromatic carbocycles. The van der Waals surface area contributed by atoms with Gasteiger partial charge in [0.2, 0.25) is 0 Å². The van der Waals surface area contributed by atoms with E-state index in [1.54, 1.807) is 11.3 Å². The molecule has 0 spiro atoms. The van der Waals surface area contributed by atoms with Crippen molar-refractivity contribution in [2.24, 2.45) is 0 Å². The maximum atomic E-state index is 4.68. The number of aromatic nitrogens is 1. The van der Waals surface area contributed by atoms with Crippen molar-refractivity contribution >= 4 is 22.7 Å². The van der Waals surface area contributed by atoms with Crippen LogP contribution in [0.25, 0.3) is 0 Å². The van der Waals surface area contributed by atoms with E-state index in [1.807, 2.05) is 11.3 Å². The molecule has 1 N–H and O–H groups in total. The zero-order chi connectivity index (χ0) is 12.7. The maximum absolute atomic E-state index is 4.68. The van der Waals surface area contributed by atoms with Crippen LogP contribution in [-0.4, -0.2) is 11.0 Å². The van der Waals surface area contributed by atoms with Crippen LogP contribution >= 0.6 is 22.7 Å². The molecule has 1 unspecified atom stereocenters. The van der Waals surface area contributed by atoms with E-state index in [-0.39, 0.29) is 0 Å². The SMILES string of the molecule is Cc1csc(C(NC2CC2)c2cc(C)sc2C)n1. The number of nitrogens with one attached hydrogen (secondary N) is 1. The number of rotatable bonds is 4. The van der Waals surface area contributed by atoms with E-state index in [4.69, 9.17) is 0 Å². The summed E-state index contributed by atoms with van der Waals surface area (Å²) in [5.41, 5.74) is 2.54. The topological polar surface area (TPSA) is 24.9 Å². The van der Waals surface area contributed by atoms with Gasteiger partial charge >= 0.3 is 0 Å². The molecule has 1 aliphatic carbocycles. The first-order valence-electron chi connectivity index (χ1n) is 6.38. The second-order valence-electron chi connectivity index (χ2n) is 5.07. The predicted octanol–water partition coefficient (Wildman–Crippen LogP) is 3.97. The molecule has 0 aliphatic heterocycles. The van der Waals surface area contributed by atoms with Crippen molar-refractivity contribution in [2.45, 2.75) is 45.7 Å². The molecule has 1 aliphatic rings. The Balaban J connectivity index is 1.96. The Kier molecular flexibility index (Phi) is 3.26. The predicted molar refractivity (Wildman–Crippen MR) is 78.6 cm³/mol. The Labute approximate surface area is 116 Å². The average molecular weight is 278 g/mol. The highest BCUT2D eigenvalue weighted by atomic mass is 32.1. The van der Waals surface area contributed by atoms with Crippen molar-refractivity contribution in [3.05, 3.63) is 37.5 Å². The van der Waals surface area contributed by atoms with Crippen LogP contribution in [0.2, 0.25) is 0 Å². The minimum Gasteiger partial charge on any atom is -0.301 e. The fourth-order valence-electron chi connectivity index (χ4n) is 2.22. The first-order valence-corrected chi connectivity index (χ1v) is 8.08. The van der Waals surface area contributed by atoms with Gasteiger partial charge in [-0.15, -0.1) is 22.7 Å². The molecule has 0 radical (unpaired) electrons. The second kappa shape index (κ2) is 4.76. The number of thiazole rings is 1. The molecule has 3 rings (SSSR count). The lowest BCUT2D eigenvalue weighted by molar-refractivity contribution is 0.596. The zero-order valence-electron chi connectivity index (χ0n) is 11.0. The number of aryl methyl sites for hydroxylation is 3. The Morgan fingerprint density at radius 1 is 1.33 bits per heavy atom.